The van der Waals surface area contributed by atoms with Crippen LogP contribution in [-0.4, -0.2) is 38.0 Å². The molecule has 0 heterocycles. The van der Waals surface area contributed by atoms with Crippen LogP contribution in [0, 0.1) is 6.92 Å². The zero-order valence-corrected chi connectivity index (χ0v) is 15.3. The molecule has 0 amide bonds. The Morgan fingerprint density at radius 3 is 2.48 bits per heavy atom. The van der Waals surface area contributed by atoms with Gasteiger partial charge < -0.3 is 9.84 Å². The van der Waals surface area contributed by atoms with Gasteiger partial charge >= 0.3 is 5.97 Å². The predicted octanol–water partition coefficient (Wildman–Crippen LogP) is 3.13. The summed E-state index contributed by atoms with van der Waals surface area (Å²) in [7, 11) is -4.01. The molecule has 0 saturated carbocycles. The van der Waals surface area contributed by atoms with Crippen LogP contribution in [0.15, 0.2) is 53.4 Å². The van der Waals surface area contributed by atoms with Crippen LogP contribution < -0.4 is 0 Å². The molecule has 0 fully saturated rings. The summed E-state index contributed by atoms with van der Waals surface area (Å²) in [6.07, 6.45) is 0.511. The molecule has 0 aliphatic heterocycles. The van der Waals surface area contributed by atoms with E-state index in [4.69, 9.17) is 16.3 Å². The maximum absolute atomic E-state index is 12.5. The summed E-state index contributed by atoms with van der Waals surface area (Å²) in [5.41, 5.74) is 1.82. The molecular formula is C18H19ClO5S. The molecule has 0 aliphatic carbocycles. The monoisotopic (exact) mass is 382 g/mol. The first kappa shape index (κ1) is 19.4. The van der Waals surface area contributed by atoms with Gasteiger partial charge in [-0.3, -0.25) is 4.79 Å². The maximum atomic E-state index is 12.5. The van der Waals surface area contributed by atoms with E-state index >= 15 is 0 Å². The Morgan fingerprint density at radius 1 is 1.20 bits per heavy atom. The minimum atomic E-state index is -4.01. The minimum Gasteiger partial charge on any atom is -0.480 e. The van der Waals surface area contributed by atoms with Crippen molar-refractivity contribution in [3.63, 3.8) is 0 Å². The van der Waals surface area contributed by atoms with Gasteiger partial charge in [-0.2, -0.15) is 0 Å². The van der Waals surface area contributed by atoms with Crippen LogP contribution in [0.25, 0.3) is 0 Å². The van der Waals surface area contributed by atoms with Crippen molar-refractivity contribution in [2.45, 2.75) is 23.5 Å². The third kappa shape index (κ3) is 5.29. The molecule has 0 bridgehead atoms. The van der Waals surface area contributed by atoms with Gasteiger partial charge in [0.2, 0.25) is 0 Å². The minimum absolute atomic E-state index is 0.0241. The summed E-state index contributed by atoms with van der Waals surface area (Å²) in [4.78, 5) is 11.4. The van der Waals surface area contributed by atoms with Crippen LogP contribution in [0.1, 0.15) is 11.1 Å². The quantitative estimate of drug-likeness (QED) is 0.709. The molecule has 25 heavy (non-hydrogen) atoms. The molecule has 7 heteroatoms. The van der Waals surface area contributed by atoms with E-state index in [-0.39, 0.29) is 11.5 Å². The first-order chi connectivity index (χ1) is 11.8. The average Bonchev–Trinajstić information content (AvgIpc) is 2.54. The number of benzene rings is 2. The number of aryl methyl sites for hydroxylation is 1. The van der Waals surface area contributed by atoms with Crippen molar-refractivity contribution in [1.82, 2.24) is 0 Å². The Kier molecular flexibility index (Phi) is 6.58. The first-order valence-corrected chi connectivity index (χ1v) is 9.58. The summed E-state index contributed by atoms with van der Waals surface area (Å²) in [6.45, 7) is 1.61. The number of sulfone groups is 1. The van der Waals surface area contributed by atoms with Gasteiger partial charge in [0, 0.05) is 5.02 Å². The molecule has 2 aromatic rings. The van der Waals surface area contributed by atoms with Crippen LogP contribution in [-0.2, 0) is 25.8 Å². The average molecular weight is 383 g/mol. The van der Waals surface area contributed by atoms with Crippen molar-refractivity contribution in [1.29, 1.82) is 0 Å². The number of aliphatic carboxylic acids is 1. The molecule has 134 valence electrons. The first-order valence-electron chi connectivity index (χ1n) is 7.66. The Labute approximate surface area is 152 Å². The maximum Gasteiger partial charge on any atom is 0.324 e. The number of hydrogen-bond donors (Lipinski definition) is 1. The van der Waals surface area contributed by atoms with E-state index in [0.717, 1.165) is 11.1 Å². The molecule has 0 spiro atoms. The lowest BCUT2D eigenvalue weighted by atomic mass is 10.2. The largest absolute Gasteiger partial charge is 0.480 e. The summed E-state index contributed by atoms with van der Waals surface area (Å²) in [6, 6.07) is 13.3. The van der Waals surface area contributed by atoms with Crippen molar-refractivity contribution >= 4 is 27.4 Å². The third-order valence-corrected chi connectivity index (χ3v) is 5.94. The molecule has 2 rings (SSSR count). The number of rotatable bonds is 8. The highest BCUT2D eigenvalue weighted by molar-refractivity contribution is 7.92. The number of hydrogen-bond acceptors (Lipinski definition) is 4. The van der Waals surface area contributed by atoms with Crippen molar-refractivity contribution in [2.24, 2.45) is 0 Å². The highest BCUT2D eigenvalue weighted by atomic mass is 35.5. The molecule has 2 aromatic carbocycles. The molecular weight excluding hydrogens is 364 g/mol. The van der Waals surface area contributed by atoms with Crippen molar-refractivity contribution in [3.05, 3.63) is 64.7 Å². The number of halogens is 1. The Balaban J connectivity index is 2.01. The molecule has 0 aromatic heterocycles. The molecule has 0 saturated heterocycles. The fourth-order valence-electron chi connectivity index (χ4n) is 2.26. The summed E-state index contributed by atoms with van der Waals surface area (Å²) >= 11 is 5.89. The zero-order valence-electron chi connectivity index (χ0n) is 13.7. The third-order valence-electron chi connectivity index (χ3n) is 3.69. The fourth-order valence-corrected chi connectivity index (χ4v) is 3.86. The number of carboxylic acids is 1. The second-order valence-electron chi connectivity index (χ2n) is 5.64. The van der Waals surface area contributed by atoms with Crippen LogP contribution >= 0.6 is 11.6 Å². The smallest absolute Gasteiger partial charge is 0.324 e. The standard InChI is InChI=1S/C18H19ClO5S/c1-13-5-7-16(8-6-13)25(22,23)17(18(20)21)12-24-10-9-14-3-2-4-15(19)11-14/h2-8,11,17H,9-10,12H2,1H3,(H,20,21). The topological polar surface area (TPSA) is 80.7 Å². The number of carbonyl (C=O) groups is 1. The SMILES string of the molecule is Cc1ccc(S(=O)(=O)C(COCCc2cccc(Cl)c2)C(=O)O)cc1. The second-order valence-corrected chi connectivity index (χ2v) is 8.21. The van der Waals surface area contributed by atoms with Gasteiger partial charge in [-0.25, -0.2) is 8.42 Å². The van der Waals surface area contributed by atoms with E-state index < -0.39 is 27.7 Å². The van der Waals surface area contributed by atoms with Gasteiger partial charge in [-0.1, -0.05) is 41.4 Å². The molecule has 1 N–H and O–H groups in total. The van der Waals surface area contributed by atoms with Gasteiger partial charge in [0.05, 0.1) is 18.1 Å². The number of ether oxygens (including phenoxy) is 1. The highest BCUT2D eigenvalue weighted by Crippen LogP contribution is 2.18. The van der Waals surface area contributed by atoms with Crippen LogP contribution in [0.3, 0.4) is 0 Å². The Morgan fingerprint density at radius 2 is 1.88 bits per heavy atom. The van der Waals surface area contributed by atoms with Gasteiger partial charge in [-0.05, 0) is 43.2 Å². The second kappa shape index (κ2) is 8.47. The van der Waals surface area contributed by atoms with Crippen LogP contribution in [0.4, 0.5) is 0 Å². The van der Waals surface area contributed by atoms with E-state index in [1.807, 2.05) is 13.0 Å². The van der Waals surface area contributed by atoms with Gasteiger partial charge in [0.15, 0.2) is 15.1 Å². The van der Waals surface area contributed by atoms with Crippen molar-refractivity contribution in [2.75, 3.05) is 13.2 Å². The molecule has 5 nitrogen and oxygen atoms in total. The summed E-state index contributed by atoms with van der Waals surface area (Å²) in [5.74, 6) is -1.43. The normalized spacial score (nSPS) is 12.7. The van der Waals surface area contributed by atoms with E-state index in [1.165, 1.54) is 12.1 Å². The van der Waals surface area contributed by atoms with Crippen LogP contribution in [0.2, 0.25) is 5.02 Å². The lowest BCUT2D eigenvalue weighted by molar-refractivity contribution is -0.137. The van der Waals surface area contributed by atoms with Crippen molar-refractivity contribution in [3.8, 4) is 0 Å². The van der Waals surface area contributed by atoms with Gasteiger partial charge in [0.1, 0.15) is 0 Å². The molecule has 0 radical (unpaired) electrons. The summed E-state index contributed by atoms with van der Waals surface area (Å²) < 4.78 is 30.4. The molecule has 1 unspecified atom stereocenters. The predicted molar refractivity (Wildman–Crippen MR) is 95.8 cm³/mol. The van der Waals surface area contributed by atoms with Crippen molar-refractivity contribution < 1.29 is 23.1 Å². The van der Waals surface area contributed by atoms with E-state index in [0.29, 0.717) is 11.4 Å². The molecule has 1 atom stereocenters. The van der Waals surface area contributed by atoms with Crippen LogP contribution in [0.5, 0.6) is 0 Å². The van der Waals surface area contributed by atoms with E-state index in [9.17, 15) is 18.3 Å². The number of carboxylic acid groups (broad SMARTS) is 1. The van der Waals surface area contributed by atoms with Gasteiger partial charge in [0.25, 0.3) is 0 Å². The summed E-state index contributed by atoms with van der Waals surface area (Å²) in [5, 5.41) is 8.26. The fraction of sp³-hybridized carbons (Fsp3) is 0.278. The van der Waals surface area contributed by atoms with E-state index in [2.05, 4.69) is 0 Å². The molecule has 0 aliphatic rings. The lowest BCUT2D eigenvalue weighted by Gasteiger charge is -2.14. The van der Waals surface area contributed by atoms with E-state index in [1.54, 1.807) is 30.3 Å². The Bertz CT molecular complexity index is 831. The highest BCUT2D eigenvalue weighted by Gasteiger charge is 2.34. The van der Waals surface area contributed by atoms with Gasteiger partial charge in [-0.15, -0.1) is 0 Å². The Hall–Kier alpha value is -1.89. The zero-order chi connectivity index (χ0) is 18.4. The lowest BCUT2D eigenvalue weighted by Crippen LogP contribution is -2.35.